The van der Waals surface area contributed by atoms with Gasteiger partial charge >= 0.3 is 0 Å². The van der Waals surface area contributed by atoms with Crippen molar-refractivity contribution in [2.75, 3.05) is 7.05 Å². The third-order valence-electron chi connectivity index (χ3n) is 1.51. The van der Waals surface area contributed by atoms with Crippen LogP contribution in [0.1, 0.15) is 12.8 Å². The van der Waals surface area contributed by atoms with Crippen LogP contribution in [-0.2, 0) is 4.79 Å². The van der Waals surface area contributed by atoms with Crippen LogP contribution >= 0.6 is 0 Å². The van der Waals surface area contributed by atoms with Crippen LogP contribution in [-0.4, -0.2) is 19.0 Å². The molecule has 0 fully saturated rings. The molecule has 0 aromatic carbocycles. The summed E-state index contributed by atoms with van der Waals surface area (Å²) in [6.45, 7) is 10.4. The van der Waals surface area contributed by atoms with Gasteiger partial charge in [0.25, 0.3) is 0 Å². The van der Waals surface area contributed by atoms with Gasteiger partial charge in [-0.2, -0.15) is 0 Å². The zero-order chi connectivity index (χ0) is 11.4. The summed E-state index contributed by atoms with van der Waals surface area (Å²) in [4.78, 5) is 9.47. The van der Waals surface area contributed by atoms with Crippen LogP contribution in [0.15, 0.2) is 38.0 Å². The van der Waals surface area contributed by atoms with Gasteiger partial charge in [0.15, 0.2) is 0 Å². The molecule has 0 saturated carbocycles. The van der Waals surface area contributed by atoms with E-state index in [1.807, 2.05) is 19.2 Å². The maximum atomic E-state index is 9.47. The molecule has 3 heteroatoms. The quantitative estimate of drug-likeness (QED) is 0.498. The summed E-state index contributed by atoms with van der Waals surface area (Å²) in [6, 6.07) is 0.528. The summed E-state index contributed by atoms with van der Waals surface area (Å²) in [5.74, 6) is -0.481. The Morgan fingerprint density at radius 3 is 1.86 bits per heavy atom. The molecule has 0 bridgehead atoms. The second-order valence-electron chi connectivity index (χ2n) is 2.64. The van der Waals surface area contributed by atoms with Gasteiger partial charge in [0.1, 0.15) is 0 Å². The largest absolute Gasteiger partial charge is 0.366 e. The van der Waals surface area contributed by atoms with E-state index in [2.05, 4.69) is 30.8 Å². The minimum Gasteiger partial charge on any atom is -0.366 e. The lowest BCUT2D eigenvalue weighted by Gasteiger charge is -2.09. The van der Waals surface area contributed by atoms with E-state index in [0.717, 1.165) is 18.9 Å². The van der Waals surface area contributed by atoms with Crippen molar-refractivity contribution >= 4 is 5.91 Å². The predicted molar refractivity (Wildman–Crippen MR) is 61.9 cm³/mol. The molecule has 0 heterocycles. The number of nitrogens with two attached hydrogens (primary N) is 1. The number of nitrogens with one attached hydrogen (secondary N) is 1. The normalized spacial score (nSPS) is 8.43. The molecule has 3 N–H and O–H groups in total. The predicted octanol–water partition coefficient (Wildman–Crippen LogP) is 1.38. The van der Waals surface area contributed by atoms with Crippen molar-refractivity contribution in [2.24, 2.45) is 5.73 Å². The number of hydrogen-bond donors (Lipinski definition) is 2. The molecule has 0 unspecified atom stereocenters. The Labute approximate surface area is 86.4 Å². The summed E-state index contributed by atoms with van der Waals surface area (Å²) in [6.07, 6.45) is 6.93. The average Bonchev–Trinajstić information content (AvgIpc) is 2.18. The highest BCUT2D eigenvalue weighted by atomic mass is 16.1. The van der Waals surface area contributed by atoms with Crippen LogP contribution < -0.4 is 11.1 Å². The molecule has 0 aliphatic rings. The smallest absolute Gasteiger partial charge is 0.240 e. The van der Waals surface area contributed by atoms with Gasteiger partial charge < -0.3 is 11.1 Å². The minimum atomic E-state index is -0.481. The number of hydrogen-bond acceptors (Lipinski definition) is 2. The summed E-state index contributed by atoms with van der Waals surface area (Å²) < 4.78 is 0. The highest BCUT2D eigenvalue weighted by Crippen LogP contribution is 1.97. The fourth-order valence-electron chi connectivity index (χ4n) is 0.734. The third kappa shape index (κ3) is 13.3. The lowest BCUT2D eigenvalue weighted by molar-refractivity contribution is -0.113. The molecule has 3 nitrogen and oxygen atoms in total. The Hall–Kier alpha value is -1.35. The Bertz CT molecular complexity index is 178. The molecule has 0 spiro atoms. The maximum Gasteiger partial charge on any atom is 0.240 e. The van der Waals surface area contributed by atoms with Gasteiger partial charge in [-0.05, 0) is 26.0 Å². The summed E-state index contributed by atoms with van der Waals surface area (Å²) in [5.41, 5.74) is 4.53. The molecular formula is C11H20N2O. The second kappa shape index (κ2) is 11.6. The summed E-state index contributed by atoms with van der Waals surface area (Å²) in [7, 11) is 1.96. The van der Waals surface area contributed by atoms with Gasteiger partial charge in [-0.15, -0.1) is 13.2 Å². The Morgan fingerprint density at radius 1 is 1.36 bits per heavy atom. The van der Waals surface area contributed by atoms with Crippen molar-refractivity contribution in [1.29, 1.82) is 0 Å². The number of carbonyl (C=O) groups excluding carboxylic acids is 1. The molecule has 1 amide bonds. The topological polar surface area (TPSA) is 55.1 Å². The van der Waals surface area contributed by atoms with Gasteiger partial charge in [-0.25, -0.2) is 0 Å². The van der Waals surface area contributed by atoms with Crippen molar-refractivity contribution in [3.63, 3.8) is 0 Å². The number of primary amides is 1. The van der Waals surface area contributed by atoms with Gasteiger partial charge in [0, 0.05) is 6.04 Å². The fraction of sp³-hybridized carbons (Fsp3) is 0.364. The van der Waals surface area contributed by atoms with Crippen LogP contribution in [0.2, 0.25) is 0 Å². The molecule has 0 aromatic heterocycles. The first-order valence-electron chi connectivity index (χ1n) is 4.43. The Kier molecular flexibility index (Phi) is 12.6. The van der Waals surface area contributed by atoms with Crippen LogP contribution in [0.3, 0.4) is 0 Å². The van der Waals surface area contributed by atoms with E-state index < -0.39 is 5.91 Å². The molecule has 0 atom stereocenters. The van der Waals surface area contributed by atoms with Gasteiger partial charge in [-0.1, -0.05) is 18.7 Å². The first-order chi connectivity index (χ1) is 6.62. The number of rotatable bonds is 6. The average molecular weight is 196 g/mol. The number of amides is 1. The molecule has 14 heavy (non-hydrogen) atoms. The van der Waals surface area contributed by atoms with Crippen LogP contribution in [0, 0.1) is 0 Å². The van der Waals surface area contributed by atoms with E-state index in [9.17, 15) is 4.79 Å². The molecular weight excluding hydrogens is 176 g/mol. The zero-order valence-corrected chi connectivity index (χ0v) is 8.83. The lowest BCUT2D eigenvalue weighted by Crippen LogP contribution is -2.23. The molecule has 0 aliphatic heterocycles. The number of carbonyl (C=O) groups is 1. The first-order valence-corrected chi connectivity index (χ1v) is 4.43. The van der Waals surface area contributed by atoms with Crippen molar-refractivity contribution in [2.45, 2.75) is 18.9 Å². The van der Waals surface area contributed by atoms with Crippen molar-refractivity contribution < 1.29 is 4.79 Å². The molecule has 0 aliphatic carbocycles. The van der Waals surface area contributed by atoms with Crippen molar-refractivity contribution in [3.8, 4) is 0 Å². The van der Waals surface area contributed by atoms with Gasteiger partial charge in [-0.3, -0.25) is 4.79 Å². The molecule has 0 rings (SSSR count). The van der Waals surface area contributed by atoms with E-state index in [1.165, 1.54) is 0 Å². The SMILES string of the molecule is C=CC(N)=O.C=CCC(CC=C)NC. The summed E-state index contributed by atoms with van der Waals surface area (Å²) >= 11 is 0. The standard InChI is InChI=1S/C8H15N.C3H5NO/c1-4-6-8(9-3)7-5-2;1-2-3(4)5/h4-5,8-9H,1-2,6-7H2,3H3;2H,1H2,(H2,4,5). The van der Waals surface area contributed by atoms with E-state index >= 15 is 0 Å². The first kappa shape index (κ1) is 15.1. The van der Waals surface area contributed by atoms with Crippen LogP contribution in [0.5, 0.6) is 0 Å². The Balaban J connectivity index is 0. The molecule has 80 valence electrons. The Morgan fingerprint density at radius 2 is 1.71 bits per heavy atom. The van der Waals surface area contributed by atoms with Gasteiger partial charge in [0.05, 0.1) is 0 Å². The van der Waals surface area contributed by atoms with Gasteiger partial charge in [0.2, 0.25) is 5.91 Å². The van der Waals surface area contributed by atoms with E-state index in [4.69, 9.17) is 0 Å². The van der Waals surface area contributed by atoms with E-state index in [0.29, 0.717) is 6.04 Å². The van der Waals surface area contributed by atoms with Crippen LogP contribution in [0.4, 0.5) is 0 Å². The highest BCUT2D eigenvalue weighted by Gasteiger charge is 1.97. The van der Waals surface area contributed by atoms with E-state index in [1.54, 1.807) is 0 Å². The van der Waals surface area contributed by atoms with Crippen LogP contribution in [0.25, 0.3) is 0 Å². The molecule has 0 aromatic rings. The third-order valence-corrected chi connectivity index (χ3v) is 1.51. The minimum absolute atomic E-state index is 0.481. The summed E-state index contributed by atoms with van der Waals surface area (Å²) in [5, 5.41) is 3.16. The monoisotopic (exact) mass is 196 g/mol. The second-order valence-corrected chi connectivity index (χ2v) is 2.64. The van der Waals surface area contributed by atoms with Crippen molar-refractivity contribution in [1.82, 2.24) is 5.32 Å². The lowest BCUT2D eigenvalue weighted by atomic mass is 10.1. The van der Waals surface area contributed by atoms with Crippen molar-refractivity contribution in [3.05, 3.63) is 38.0 Å². The zero-order valence-electron chi connectivity index (χ0n) is 8.83. The fourth-order valence-corrected chi connectivity index (χ4v) is 0.734. The maximum absolute atomic E-state index is 9.47. The highest BCUT2D eigenvalue weighted by molar-refractivity contribution is 5.84. The molecule has 0 radical (unpaired) electrons. The van der Waals surface area contributed by atoms with E-state index in [-0.39, 0.29) is 0 Å². The molecule has 0 saturated heterocycles.